The van der Waals surface area contributed by atoms with Gasteiger partial charge in [-0.1, -0.05) is 141 Å². The van der Waals surface area contributed by atoms with Crippen LogP contribution >= 0.6 is 46.4 Å². The molecule has 113 heavy (non-hydrogen) atoms. The molecule has 5 aliphatic rings. The topological polar surface area (TPSA) is 333 Å². The lowest BCUT2D eigenvalue weighted by Crippen LogP contribution is -2.41. The Morgan fingerprint density at radius 2 is 1.04 bits per heavy atom. The number of anilines is 1. The molecule has 12 heterocycles. The van der Waals surface area contributed by atoms with Crippen LogP contribution in [0.5, 0.6) is 12.0 Å². The summed E-state index contributed by atoms with van der Waals surface area (Å²) >= 11 is 24.7. The van der Waals surface area contributed by atoms with Crippen molar-refractivity contribution >= 4 is 145 Å². The number of ether oxygens (including phenoxy) is 8. The molecule has 0 bridgehead atoms. The fourth-order valence-corrected chi connectivity index (χ4v) is 16.0. The molecule has 4 N–H and O–H groups in total. The van der Waals surface area contributed by atoms with Crippen molar-refractivity contribution in [2.24, 2.45) is 8.73 Å². The van der Waals surface area contributed by atoms with Crippen LogP contribution in [-0.2, 0) is 81.8 Å². The number of hydrogen-bond acceptors (Lipinski definition) is 24. The molecule has 28 nitrogen and oxygen atoms in total. The lowest BCUT2D eigenvalue weighted by Gasteiger charge is -2.32. The van der Waals surface area contributed by atoms with Gasteiger partial charge in [0.2, 0.25) is 0 Å². The molecule has 0 aliphatic carbocycles. The fraction of sp³-hybridized carbons (Fsp3) is 0.480. The lowest BCUT2D eigenvalue weighted by molar-refractivity contribution is 0.00332. The molecule has 14 rings (SSSR count). The predicted octanol–water partition coefficient (Wildman–Crippen LogP) is 13.1. The minimum Gasteiger partial charge on any atom is -0.456 e. The van der Waals surface area contributed by atoms with Crippen LogP contribution in [-0.4, -0.2) is 221 Å². The summed E-state index contributed by atoms with van der Waals surface area (Å²) in [7, 11) is -7.09. The average Bonchev–Trinajstić information content (AvgIpc) is 1.62. The lowest BCUT2D eigenvalue weighted by atomic mass is 9.79. The van der Waals surface area contributed by atoms with Crippen molar-refractivity contribution in [3.05, 3.63) is 136 Å². The molecule has 0 spiro atoms. The number of nitrogens with zero attached hydrogens (tertiary/aromatic N) is 11. The van der Waals surface area contributed by atoms with Gasteiger partial charge in [-0.25, -0.2) is 37.3 Å². The summed E-state index contributed by atoms with van der Waals surface area (Å²) in [5, 5.41) is 22.1. The number of nitrogens with one attached hydrogen (secondary N) is 2. The Kier molecular flexibility index (Phi) is 28.8. The van der Waals surface area contributed by atoms with Crippen molar-refractivity contribution in [2.75, 3.05) is 75.9 Å². The SMILES string of the molecule is CC1(C)OB(c2ccc(-c3nc4c(cc3Cl)nc(O[C@@H]3CO[C@H]5[C@@H]3OC[C@H]5O)n4COCC[Si](C)(C)C)cc2)OC1(C)C.CCS(C)(=O)=Nc1ccc(-c2ccc(-c3nc4c(cc3Cl)nc(O[C@@H]3CO[C@H]5[C@@H]3OC[C@H]5O)n4COCC[Si](C)(C)C)cc2)nc1.CNS(C)(=O)=Nc1ccc(Cl)nc1.CS(=O)Nc1ccc(Cl)nc1. The first kappa shape index (κ1) is 87.6. The number of benzene rings is 2. The number of rotatable bonds is 24. The Morgan fingerprint density at radius 1 is 0.602 bits per heavy atom. The van der Waals surface area contributed by atoms with Gasteiger partial charge in [-0.2, -0.15) is 18.7 Å². The highest BCUT2D eigenvalue weighted by atomic mass is 35.5. The standard InChI is InChI=1S/C32H40ClN5O6SSi.C30H41BClN3O7Si.C7H10ClN3OS.C6H7ClN2OS/c1-6-45(2,40)37-22-11-12-24(34-16-22)20-7-9-21(10-8-20)28-23(33)15-25-31(36-28)38(19-41-13-14-46(3,4)5)32(35-25)44-27-18-43-29-26(39)17-42-30(27)29;1-29(2)30(3,4)42-31(41-29)19-10-8-18(9-11-19)24-20(32)14-21-27(34-24)35(17-37-12-13-43(5,6)7)28(33-21)40-23-16-39-25-22(36)15-38-26(23)25;1-9-13(2,12)11-6-3-4-7(8)10-5-6;1-11(10)9-5-2-3-6(7)8-4-5/h7-12,15-16,26-27,29-30,39H,6,13-14,17-19H2,1-5H3;8-11,14,22-23,25-26,36H,12-13,15-17H2,1-7H3;3-5H,1-2H3,(H,9,11,12);2-4,9H,1H3/t26-,27-,29-,30-,45?;22-,23-,25-,26-;;/m11../s1. The van der Waals surface area contributed by atoms with Gasteiger partial charge in [0.25, 0.3) is 0 Å². The van der Waals surface area contributed by atoms with Crippen molar-refractivity contribution in [3.63, 3.8) is 0 Å². The van der Waals surface area contributed by atoms with E-state index in [0.717, 1.165) is 39.9 Å². The molecule has 0 radical (unpaired) electrons. The van der Waals surface area contributed by atoms with E-state index < -0.39 is 102 Å². The summed E-state index contributed by atoms with van der Waals surface area (Å²) < 4.78 is 112. The molecule has 610 valence electrons. The number of aliphatic hydroxyl groups is 2. The minimum atomic E-state index is -2.34. The molecule has 0 saturated carbocycles. The second-order valence-electron chi connectivity index (χ2n) is 31.2. The predicted molar refractivity (Wildman–Crippen MR) is 451 cm³/mol. The molecule has 11 atom stereocenters. The van der Waals surface area contributed by atoms with Gasteiger partial charge in [-0.3, -0.25) is 14.1 Å². The number of aromatic nitrogens is 9. The summed E-state index contributed by atoms with van der Waals surface area (Å²) in [6.07, 6.45) is 5.58. The van der Waals surface area contributed by atoms with Gasteiger partial charge < -0.3 is 62.1 Å². The first-order valence-corrected chi connectivity index (χ1v) is 51.3. The van der Waals surface area contributed by atoms with Crippen LogP contribution in [0.2, 0.25) is 71.7 Å². The zero-order valence-corrected chi connectivity index (χ0v) is 73.3. The van der Waals surface area contributed by atoms with Crippen LogP contribution in [0.25, 0.3) is 56.1 Å². The van der Waals surface area contributed by atoms with E-state index in [2.05, 4.69) is 72.4 Å². The Balaban J connectivity index is 0.000000173. The highest BCUT2D eigenvalue weighted by Crippen LogP contribution is 2.40. The van der Waals surface area contributed by atoms with E-state index >= 15 is 0 Å². The van der Waals surface area contributed by atoms with E-state index in [1.165, 1.54) is 18.6 Å². The van der Waals surface area contributed by atoms with Crippen LogP contribution in [0.4, 0.5) is 17.1 Å². The third-order valence-electron chi connectivity index (χ3n) is 19.3. The number of pyridine rings is 5. The zero-order chi connectivity index (χ0) is 81.5. The average molecular weight is 1730 g/mol. The largest absolute Gasteiger partial charge is 0.494 e. The second kappa shape index (κ2) is 37.2. The highest BCUT2D eigenvalue weighted by Gasteiger charge is 2.53. The van der Waals surface area contributed by atoms with Gasteiger partial charge in [-0.15, -0.1) is 0 Å². The van der Waals surface area contributed by atoms with Crippen LogP contribution in [0.1, 0.15) is 34.6 Å². The van der Waals surface area contributed by atoms with Crippen LogP contribution in [0.3, 0.4) is 0 Å². The van der Waals surface area contributed by atoms with Crippen LogP contribution in [0, 0.1) is 0 Å². The van der Waals surface area contributed by atoms with Crippen molar-refractivity contribution in [1.82, 2.24) is 48.7 Å². The normalized spacial score (nSPS) is 22.2. The van der Waals surface area contributed by atoms with Gasteiger partial charge in [0, 0.05) is 80.3 Å². The highest BCUT2D eigenvalue weighted by molar-refractivity contribution is 7.93. The zero-order valence-electron chi connectivity index (χ0n) is 65.8. The Morgan fingerprint density at radius 3 is 1.47 bits per heavy atom. The summed E-state index contributed by atoms with van der Waals surface area (Å²) in [6, 6.07) is 32.4. The maximum atomic E-state index is 12.4. The Labute approximate surface area is 685 Å². The summed E-state index contributed by atoms with van der Waals surface area (Å²) in [5.41, 5.74) is 8.85. The number of imidazole rings is 2. The molecule has 9 aromatic rings. The van der Waals surface area contributed by atoms with Crippen molar-refractivity contribution in [3.8, 4) is 45.8 Å². The minimum absolute atomic E-state index is 0.202. The third-order valence-corrected chi connectivity index (χ3v) is 27.2. The van der Waals surface area contributed by atoms with Crippen LogP contribution in [0.15, 0.2) is 124 Å². The molecule has 5 aliphatic heterocycles. The first-order valence-electron chi connectivity index (χ1n) is 36.8. The first-order chi connectivity index (χ1) is 53.3. The van der Waals surface area contributed by atoms with Crippen molar-refractivity contribution in [1.29, 1.82) is 0 Å². The Hall–Kier alpha value is -6.20. The monoisotopic (exact) mass is 1720 g/mol. The molecule has 5 saturated heterocycles. The molecule has 0 amide bonds. The van der Waals surface area contributed by atoms with Gasteiger partial charge in [-0.05, 0) is 101 Å². The molecule has 3 unspecified atom stereocenters. The van der Waals surface area contributed by atoms with E-state index in [1.807, 2.05) is 104 Å². The van der Waals surface area contributed by atoms with Crippen molar-refractivity contribution < 1.29 is 70.0 Å². The number of aliphatic hydroxyl groups excluding tert-OH is 2. The number of fused-ring (bicyclic) bond motifs is 4. The molecule has 2 aromatic carbocycles. The Bertz CT molecular complexity index is 5050. The fourth-order valence-electron chi connectivity index (χ4n) is 12.0. The smallest absolute Gasteiger partial charge is 0.456 e. The van der Waals surface area contributed by atoms with E-state index in [0.29, 0.717) is 109 Å². The van der Waals surface area contributed by atoms with Crippen LogP contribution < -0.4 is 24.4 Å². The number of hydrogen-bond donors (Lipinski definition) is 4. The second-order valence-corrected chi connectivity index (χ2v) is 50.0. The van der Waals surface area contributed by atoms with E-state index in [4.69, 9.17) is 114 Å². The van der Waals surface area contributed by atoms with E-state index in [-0.39, 0.29) is 45.5 Å². The summed E-state index contributed by atoms with van der Waals surface area (Å²) in [5.74, 6) is 0.482. The maximum absolute atomic E-state index is 12.4. The van der Waals surface area contributed by atoms with Gasteiger partial charge >= 0.3 is 19.1 Å². The van der Waals surface area contributed by atoms with Gasteiger partial charge in [0.05, 0.1) is 100 Å². The van der Waals surface area contributed by atoms with E-state index in [1.54, 1.807) is 62.2 Å². The molecular weight excluding hydrogens is 1630 g/mol. The third kappa shape index (κ3) is 23.0. The molecule has 5 fully saturated rings. The molecule has 7 aromatic heterocycles. The van der Waals surface area contributed by atoms with E-state index in [9.17, 15) is 22.8 Å². The van der Waals surface area contributed by atoms with Gasteiger partial charge in [0.1, 0.15) is 92.3 Å². The maximum Gasteiger partial charge on any atom is 0.494 e. The quantitative estimate of drug-likeness (QED) is 0.0248. The number of halogens is 4. The summed E-state index contributed by atoms with van der Waals surface area (Å²) in [4.78, 5) is 31.6. The summed E-state index contributed by atoms with van der Waals surface area (Å²) in [6.45, 7) is 26.6. The van der Waals surface area contributed by atoms with Crippen molar-refractivity contribution in [2.45, 2.75) is 159 Å². The van der Waals surface area contributed by atoms with Gasteiger partial charge in [0.15, 0.2) is 23.5 Å². The molecular formula is C75H98BCl4N13O15S3Si2. The molecule has 38 heteroatoms.